The Kier molecular flexibility index (Phi) is 3.32. The number of carbonyl (C=O) groups excluding carboxylic acids is 1. The largest absolute Gasteiger partial charge is 0.504 e. The van der Waals surface area contributed by atoms with Crippen molar-refractivity contribution in [3.63, 3.8) is 0 Å². The Morgan fingerprint density at radius 1 is 1.47 bits per heavy atom. The molecule has 1 aliphatic rings. The van der Waals surface area contributed by atoms with E-state index in [1.807, 2.05) is 0 Å². The van der Waals surface area contributed by atoms with Crippen molar-refractivity contribution < 1.29 is 19.4 Å². The second-order valence-electron chi connectivity index (χ2n) is 3.86. The summed E-state index contributed by atoms with van der Waals surface area (Å²) in [5.41, 5.74) is 0.837. The fourth-order valence-corrected chi connectivity index (χ4v) is 1.69. The van der Waals surface area contributed by atoms with Gasteiger partial charge in [-0.05, 0) is 23.8 Å². The average Bonchev–Trinajstić information content (AvgIpc) is 2.32. The van der Waals surface area contributed by atoms with Crippen LogP contribution in [0.4, 0.5) is 0 Å². The summed E-state index contributed by atoms with van der Waals surface area (Å²) in [6.07, 6.45) is 2.61. The topological polar surface area (TPSA) is 55.8 Å². The maximum Gasteiger partial charge on any atom is 0.161 e. The van der Waals surface area contributed by atoms with Gasteiger partial charge in [0.25, 0.3) is 0 Å². The number of rotatable bonds is 2. The predicted molar refractivity (Wildman–Crippen MR) is 62.8 cm³/mol. The number of ketones is 1. The number of hydrogen-bond donors (Lipinski definition) is 1. The predicted octanol–water partition coefficient (Wildman–Crippen LogP) is 2.12. The quantitative estimate of drug-likeness (QED) is 0.851. The van der Waals surface area contributed by atoms with E-state index >= 15 is 0 Å². The maximum absolute atomic E-state index is 11.3. The molecule has 0 spiro atoms. The standard InChI is InChI=1S/C13H14O4/c1-16-13-7-9(2-3-12(13)15)6-11-8-10(14)4-5-17-11/h2-3,6-7,15H,4-5,8H2,1H3. The molecule has 0 saturated carbocycles. The lowest BCUT2D eigenvalue weighted by molar-refractivity contribution is -0.121. The van der Waals surface area contributed by atoms with Crippen molar-refractivity contribution in [2.24, 2.45) is 0 Å². The molecule has 4 heteroatoms. The lowest BCUT2D eigenvalue weighted by Crippen LogP contribution is -2.12. The van der Waals surface area contributed by atoms with Crippen LogP contribution in [0.2, 0.25) is 0 Å². The number of aromatic hydroxyl groups is 1. The van der Waals surface area contributed by atoms with Gasteiger partial charge in [0.15, 0.2) is 11.5 Å². The SMILES string of the molecule is COc1cc(C=C2CC(=O)CCO2)ccc1O. The van der Waals surface area contributed by atoms with E-state index in [0.29, 0.717) is 31.0 Å². The Morgan fingerprint density at radius 2 is 2.29 bits per heavy atom. The molecule has 0 aliphatic carbocycles. The van der Waals surface area contributed by atoms with Gasteiger partial charge in [0.05, 0.1) is 20.1 Å². The van der Waals surface area contributed by atoms with E-state index < -0.39 is 0 Å². The van der Waals surface area contributed by atoms with Crippen LogP contribution in [0.25, 0.3) is 6.08 Å². The molecule has 0 bridgehead atoms. The van der Waals surface area contributed by atoms with Crippen LogP contribution in [-0.2, 0) is 9.53 Å². The van der Waals surface area contributed by atoms with Crippen molar-refractivity contribution in [3.05, 3.63) is 29.5 Å². The zero-order valence-electron chi connectivity index (χ0n) is 9.60. The molecule has 0 radical (unpaired) electrons. The summed E-state index contributed by atoms with van der Waals surface area (Å²) in [5, 5.41) is 9.45. The van der Waals surface area contributed by atoms with Gasteiger partial charge in [-0.3, -0.25) is 4.79 Å². The maximum atomic E-state index is 11.3. The minimum Gasteiger partial charge on any atom is -0.504 e. The molecule has 1 N–H and O–H groups in total. The third-order valence-electron chi connectivity index (χ3n) is 2.57. The molecule has 1 heterocycles. The minimum absolute atomic E-state index is 0.0929. The number of phenols is 1. The number of ether oxygens (including phenoxy) is 2. The van der Waals surface area contributed by atoms with Crippen LogP contribution >= 0.6 is 0 Å². The van der Waals surface area contributed by atoms with Gasteiger partial charge >= 0.3 is 0 Å². The van der Waals surface area contributed by atoms with Crippen molar-refractivity contribution in [2.75, 3.05) is 13.7 Å². The molecule has 1 saturated heterocycles. The van der Waals surface area contributed by atoms with E-state index in [9.17, 15) is 9.90 Å². The summed E-state index contributed by atoms with van der Waals surface area (Å²) < 4.78 is 10.4. The number of phenolic OH excluding ortho intramolecular Hbond substituents is 1. The first-order valence-corrected chi connectivity index (χ1v) is 5.41. The lowest BCUT2D eigenvalue weighted by atomic mass is 10.1. The summed E-state index contributed by atoms with van der Waals surface area (Å²) in [6, 6.07) is 4.99. The Labute approximate surface area is 99.5 Å². The first-order valence-electron chi connectivity index (χ1n) is 5.41. The van der Waals surface area contributed by atoms with E-state index in [0.717, 1.165) is 5.56 Å². The molecular formula is C13H14O4. The van der Waals surface area contributed by atoms with Crippen molar-refractivity contribution in [2.45, 2.75) is 12.8 Å². The molecule has 0 amide bonds. The van der Waals surface area contributed by atoms with Gasteiger partial charge in [-0.1, -0.05) is 6.07 Å². The smallest absolute Gasteiger partial charge is 0.161 e. The van der Waals surface area contributed by atoms with Crippen molar-refractivity contribution >= 4 is 11.9 Å². The highest BCUT2D eigenvalue weighted by atomic mass is 16.5. The molecule has 17 heavy (non-hydrogen) atoms. The minimum atomic E-state index is 0.0929. The summed E-state index contributed by atoms with van der Waals surface area (Å²) in [7, 11) is 1.49. The van der Waals surface area contributed by atoms with Crippen molar-refractivity contribution in [1.29, 1.82) is 0 Å². The zero-order valence-corrected chi connectivity index (χ0v) is 9.60. The Balaban J connectivity index is 2.22. The molecule has 1 fully saturated rings. The zero-order chi connectivity index (χ0) is 12.3. The van der Waals surface area contributed by atoms with Gasteiger partial charge in [-0.15, -0.1) is 0 Å². The van der Waals surface area contributed by atoms with E-state index in [-0.39, 0.29) is 11.5 Å². The molecular weight excluding hydrogens is 220 g/mol. The summed E-state index contributed by atoms with van der Waals surface area (Å²) in [5.74, 6) is 1.35. The molecule has 2 rings (SSSR count). The molecule has 0 aromatic heterocycles. The molecule has 1 aliphatic heterocycles. The van der Waals surface area contributed by atoms with Crippen LogP contribution < -0.4 is 4.74 Å². The first kappa shape index (κ1) is 11.5. The highest BCUT2D eigenvalue weighted by molar-refractivity contribution is 5.82. The number of allylic oxidation sites excluding steroid dienone is 1. The van der Waals surface area contributed by atoms with E-state index in [1.54, 1.807) is 24.3 Å². The van der Waals surface area contributed by atoms with Crippen LogP contribution in [0.15, 0.2) is 24.0 Å². The number of methoxy groups -OCH3 is 1. The Hall–Kier alpha value is -1.97. The molecule has 0 atom stereocenters. The highest BCUT2D eigenvalue weighted by Crippen LogP contribution is 2.28. The summed E-state index contributed by atoms with van der Waals surface area (Å²) in [4.78, 5) is 11.3. The van der Waals surface area contributed by atoms with Crippen molar-refractivity contribution in [3.8, 4) is 11.5 Å². The van der Waals surface area contributed by atoms with Gasteiger partial charge in [0.2, 0.25) is 0 Å². The summed E-state index contributed by atoms with van der Waals surface area (Å²) in [6.45, 7) is 0.444. The van der Waals surface area contributed by atoms with Gasteiger partial charge < -0.3 is 14.6 Å². The molecule has 90 valence electrons. The van der Waals surface area contributed by atoms with Crippen LogP contribution in [0.3, 0.4) is 0 Å². The van der Waals surface area contributed by atoms with Gasteiger partial charge in [-0.25, -0.2) is 0 Å². The number of benzene rings is 1. The molecule has 1 aromatic carbocycles. The van der Waals surface area contributed by atoms with Gasteiger partial charge in [0, 0.05) is 6.42 Å². The third-order valence-corrected chi connectivity index (χ3v) is 2.57. The van der Waals surface area contributed by atoms with E-state index in [4.69, 9.17) is 9.47 Å². The summed E-state index contributed by atoms with van der Waals surface area (Å²) >= 11 is 0. The average molecular weight is 234 g/mol. The fourth-order valence-electron chi connectivity index (χ4n) is 1.69. The molecule has 1 aromatic rings. The Morgan fingerprint density at radius 3 is 3.00 bits per heavy atom. The molecule has 0 unspecified atom stereocenters. The van der Waals surface area contributed by atoms with Crippen molar-refractivity contribution in [1.82, 2.24) is 0 Å². The first-order chi connectivity index (χ1) is 8.19. The number of carbonyl (C=O) groups is 1. The van der Waals surface area contributed by atoms with Gasteiger partial charge in [0.1, 0.15) is 11.5 Å². The fraction of sp³-hybridized carbons (Fsp3) is 0.308. The van der Waals surface area contributed by atoms with E-state index in [2.05, 4.69) is 0 Å². The monoisotopic (exact) mass is 234 g/mol. The lowest BCUT2D eigenvalue weighted by Gasteiger charge is -2.15. The second kappa shape index (κ2) is 4.91. The Bertz CT molecular complexity index is 462. The highest BCUT2D eigenvalue weighted by Gasteiger charge is 2.14. The van der Waals surface area contributed by atoms with Crippen LogP contribution in [0.5, 0.6) is 11.5 Å². The van der Waals surface area contributed by atoms with E-state index in [1.165, 1.54) is 7.11 Å². The number of hydrogen-bond acceptors (Lipinski definition) is 4. The second-order valence-corrected chi connectivity index (χ2v) is 3.86. The molecule has 4 nitrogen and oxygen atoms in total. The van der Waals surface area contributed by atoms with Crippen LogP contribution in [0.1, 0.15) is 18.4 Å². The third kappa shape index (κ3) is 2.78. The van der Waals surface area contributed by atoms with Crippen LogP contribution in [0, 0.1) is 0 Å². The normalized spacial score (nSPS) is 17.9. The van der Waals surface area contributed by atoms with Crippen LogP contribution in [-0.4, -0.2) is 24.6 Å². The number of Topliss-reactive ketones (excluding diaryl/α,β-unsaturated/α-hetero) is 1. The van der Waals surface area contributed by atoms with Gasteiger partial charge in [-0.2, -0.15) is 0 Å².